The van der Waals surface area contributed by atoms with Crippen molar-refractivity contribution in [1.82, 2.24) is 9.62 Å². The number of amides is 1. The van der Waals surface area contributed by atoms with Gasteiger partial charge < -0.3 is 10.1 Å². The van der Waals surface area contributed by atoms with Gasteiger partial charge in [-0.1, -0.05) is 19.1 Å². The van der Waals surface area contributed by atoms with E-state index in [1.165, 1.54) is 4.31 Å². The molecule has 0 radical (unpaired) electrons. The minimum atomic E-state index is -3.15. The van der Waals surface area contributed by atoms with E-state index in [1.807, 2.05) is 31.2 Å². The summed E-state index contributed by atoms with van der Waals surface area (Å²) in [6.07, 6.45) is 2.54. The van der Waals surface area contributed by atoms with Gasteiger partial charge in [-0.15, -0.1) is 0 Å². The number of piperidine rings is 1. The minimum absolute atomic E-state index is 0.0236. The van der Waals surface area contributed by atoms with Crippen LogP contribution in [0.5, 0.6) is 5.75 Å². The molecular formula is C18H28N2O4S. The van der Waals surface area contributed by atoms with Crippen molar-refractivity contribution >= 4 is 15.9 Å². The molecule has 1 aromatic carbocycles. The van der Waals surface area contributed by atoms with Crippen molar-refractivity contribution in [3.8, 4) is 5.75 Å². The van der Waals surface area contributed by atoms with E-state index in [9.17, 15) is 13.2 Å². The van der Waals surface area contributed by atoms with Crippen LogP contribution in [0.25, 0.3) is 0 Å². The Morgan fingerprint density at radius 3 is 2.68 bits per heavy atom. The predicted octanol–water partition coefficient (Wildman–Crippen LogP) is 1.81. The van der Waals surface area contributed by atoms with Crippen molar-refractivity contribution in [2.45, 2.75) is 32.6 Å². The van der Waals surface area contributed by atoms with Crippen LogP contribution >= 0.6 is 0 Å². The van der Waals surface area contributed by atoms with Crippen molar-refractivity contribution in [3.05, 3.63) is 29.8 Å². The van der Waals surface area contributed by atoms with Crippen molar-refractivity contribution in [3.63, 3.8) is 0 Å². The smallest absolute Gasteiger partial charge is 0.223 e. The van der Waals surface area contributed by atoms with E-state index < -0.39 is 10.0 Å². The lowest BCUT2D eigenvalue weighted by atomic mass is 9.97. The van der Waals surface area contributed by atoms with E-state index in [1.54, 1.807) is 7.11 Å². The maximum Gasteiger partial charge on any atom is 0.223 e. The standard InChI is InChI=1S/C18H28N2O4S/c1-3-13-25(22,23)20-11-8-16(9-12-20)18(21)19-10-7-15-5-4-6-17(14-15)24-2/h4-6,14,16H,3,7-13H2,1-2H3,(H,19,21). The molecule has 140 valence electrons. The van der Waals surface area contributed by atoms with Gasteiger partial charge in [0.05, 0.1) is 12.9 Å². The Bertz CT molecular complexity index is 667. The van der Waals surface area contributed by atoms with E-state index >= 15 is 0 Å². The molecule has 0 unspecified atom stereocenters. The fourth-order valence-electron chi connectivity index (χ4n) is 3.09. The molecule has 2 rings (SSSR count). The number of benzene rings is 1. The number of carbonyl (C=O) groups excluding carboxylic acids is 1. The van der Waals surface area contributed by atoms with E-state index in [4.69, 9.17) is 4.74 Å². The van der Waals surface area contributed by atoms with Crippen molar-refractivity contribution in [1.29, 1.82) is 0 Å². The van der Waals surface area contributed by atoms with Crippen molar-refractivity contribution in [2.75, 3.05) is 32.5 Å². The first-order chi connectivity index (χ1) is 12.0. The van der Waals surface area contributed by atoms with Crippen LogP contribution in [0.1, 0.15) is 31.7 Å². The van der Waals surface area contributed by atoms with Crippen LogP contribution in [0, 0.1) is 5.92 Å². The molecule has 0 saturated carbocycles. The number of nitrogens with one attached hydrogen (secondary N) is 1. The van der Waals surface area contributed by atoms with Crippen LogP contribution in [-0.4, -0.2) is 51.1 Å². The molecule has 1 aromatic rings. The number of ether oxygens (including phenoxy) is 1. The summed E-state index contributed by atoms with van der Waals surface area (Å²) < 4.78 is 30.8. The Kier molecular flexibility index (Phi) is 7.25. The Morgan fingerprint density at radius 1 is 1.32 bits per heavy atom. The first-order valence-corrected chi connectivity index (χ1v) is 10.5. The predicted molar refractivity (Wildman–Crippen MR) is 98.1 cm³/mol. The maximum absolute atomic E-state index is 12.3. The van der Waals surface area contributed by atoms with Gasteiger partial charge in [-0.05, 0) is 43.4 Å². The monoisotopic (exact) mass is 368 g/mol. The lowest BCUT2D eigenvalue weighted by molar-refractivity contribution is -0.126. The van der Waals surface area contributed by atoms with Gasteiger partial charge in [0.15, 0.2) is 0 Å². The molecule has 1 aliphatic rings. The number of hydrogen-bond donors (Lipinski definition) is 1. The zero-order valence-corrected chi connectivity index (χ0v) is 15.8. The summed E-state index contributed by atoms with van der Waals surface area (Å²) in [6, 6.07) is 7.79. The van der Waals surface area contributed by atoms with E-state index in [-0.39, 0.29) is 17.6 Å². The molecule has 0 aromatic heterocycles. The van der Waals surface area contributed by atoms with Crippen LogP contribution in [0.3, 0.4) is 0 Å². The van der Waals surface area contributed by atoms with Crippen LogP contribution < -0.4 is 10.1 Å². The molecular weight excluding hydrogens is 340 g/mol. The van der Waals surface area contributed by atoms with Gasteiger partial charge >= 0.3 is 0 Å². The Labute approximate surface area is 150 Å². The number of methoxy groups -OCH3 is 1. The molecule has 0 atom stereocenters. The Balaban J connectivity index is 1.75. The van der Waals surface area contributed by atoms with Gasteiger partial charge in [0.25, 0.3) is 0 Å². The zero-order valence-electron chi connectivity index (χ0n) is 15.0. The summed E-state index contributed by atoms with van der Waals surface area (Å²) in [5.74, 6) is 0.919. The highest BCUT2D eigenvalue weighted by molar-refractivity contribution is 7.89. The highest BCUT2D eigenvalue weighted by Crippen LogP contribution is 2.20. The second-order valence-corrected chi connectivity index (χ2v) is 8.47. The van der Waals surface area contributed by atoms with E-state index in [2.05, 4.69) is 5.32 Å². The summed E-state index contributed by atoms with van der Waals surface area (Å²) in [7, 11) is -1.52. The Morgan fingerprint density at radius 2 is 2.04 bits per heavy atom. The SMILES string of the molecule is CCCS(=O)(=O)N1CCC(C(=O)NCCc2cccc(OC)c2)CC1. The molecule has 0 bridgehead atoms. The summed E-state index contributed by atoms with van der Waals surface area (Å²) in [4.78, 5) is 12.3. The third kappa shape index (κ3) is 5.71. The average Bonchev–Trinajstić information content (AvgIpc) is 2.62. The fraction of sp³-hybridized carbons (Fsp3) is 0.611. The summed E-state index contributed by atoms with van der Waals surface area (Å²) >= 11 is 0. The van der Waals surface area contributed by atoms with E-state index in [0.717, 1.165) is 17.7 Å². The van der Waals surface area contributed by atoms with Crippen molar-refractivity contribution in [2.24, 2.45) is 5.92 Å². The molecule has 6 nitrogen and oxygen atoms in total. The largest absolute Gasteiger partial charge is 0.497 e. The molecule has 1 fully saturated rings. The average molecular weight is 368 g/mol. The second kappa shape index (κ2) is 9.20. The molecule has 1 N–H and O–H groups in total. The molecule has 7 heteroatoms. The summed E-state index contributed by atoms with van der Waals surface area (Å²) in [5, 5.41) is 2.97. The number of carbonyl (C=O) groups is 1. The topological polar surface area (TPSA) is 75.7 Å². The van der Waals surface area contributed by atoms with Gasteiger partial charge in [-0.2, -0.15) is 0 Å². The second-order valence-electron chi connectivity index (χ2n) is 6.38. The minimum Gasteiger partial charge on any atom is -0.497 e. The normalized spacial score (nSPS) is 16.6. The Hall–Kier alpha value is -1.60. The van der Waals surface area contributed by atoms with Gasteiger partial charge in [-0.3, -0.25) is 4.79 Å². The van der Waals surface area contributed by atoms with Gasteiger partial charge in [-0.25, -0.2) is 12.7 Å². The number of rotatable bonds is 8. The molecule has 1 saturated heterocycles. The van der Waals surface area contributed by atoms with Crippen LogP contribution in [0.2, 0.25) is 0 Å². The van der Waals surface area contributed by atoms with Gasteiger partial charge in [0.1, 0.15) is 5.75 Å². The first-order valence-electron chi connectivity index (χ1n) is 8.84. The highest BCUT2D eigenvalue weighted by atomic mass is 32.2. The van der Waals surface area contributed by atoms with Gasteiger partial charge in [0.2, 0.25) is 15.9 Å². The fourth-order valence-corrected chi connectivity index (χ4v) is 4.63. The van der Waals surface area contributed by atoms with Crippen LogP contribution in [0.4, 0.5) is 0 Å². The number of sulfonamides is 1. The van der Waals surface area contributed by atoms with Crippen LogP contribution in [-0.2, 0) is 21.2 Å². The van der Waals surface area contributed by atoms with Gasteiger partial charge in [0, 0.05) is 25.6 Å². The van der Waals surface area contributed by atoms with Crippen molar-refractivity contribution < 1.29 is 17.9 Å². The highest BCUT2D eigenvalue weighted by Gasteiger charge is 2.30. The summed E-state index contributed by atoms with van der Waals surface area (Å²) in [6.45, 7) is 3.31. The lowest BCUT2D eigenvalue weighted by Gasteiger charge is -2.30. The molecule has 1 aliphatic heterocycles. The first kappa shape index (κ1) is 19.7. The molecule has 1 amide bonds. The lowest BCUT2D eigenvalue weighted by Crippen LogP contribution is -2.44. The van der Waals surface area contributed by atoms with E-state index in [0.29, 0.717) is 38.9 Å². The molecule has 0 aliphatic carbocycles. The third-order valence-corrected chi connectivity index (χ3v) is 6.60. The number of hydrogen-bond acceptors (Lipinski definition) is 4. The van der Waals surface area contributed by atoms with Crippen LogP contribution in [0.15, 0.2) is 24.3 Å². The quantitative estimate of drug-likeness (QED) is 0.759. The molecule has 1 heterocycles. The summed E-state index contributed by atoms with van der Waals surface area (Å²) in [5.41, 5.74) is 1.11. The zero-order chi connectivity index (χ0) is 18.3. The molecule has 25 heavy (non-hydrogen) atoms. The maximum atomic E-state index is 12.3. The number of nitrogens with zero attached hydrogens (tertiary/aromatic N) is 1. The molecule has 0 spiro atoms. The third-order valence-electron chi connectivity index (χ3n) is 4.53.